The Morgan fingerprint density at radius 1 is 1.26 bits per heavy atom. The summed E-state index contributed by atoms with van der Waals surface area (Å²) in [7, 11) is 0. The molecule has 0 radical (unpaired) electrons. The molecule has 0 aromatic heterocycles. The molecule has 0 saturated carbocycles. The molecule has 1 amide bonds. The van der Waals surface area contributed by atoms with Crippen molar-refractivity contribution in [1.29, 1.82) is 0 Å². The van der Waals surface area contributed by atoms with Gasteiger partial charge in [0.2, 0.25) is 5.91 Å². The normalized spacial score (nSPS) is 16.2. The van der Waals surface area contributed by atoms with Crippen molar-refractivity contribution in [3.05, 3.63) is 64.7 Å². The highest BCUT2D eigenvalue weighted by atomic mass is 16.5. The molecular formula is C24H32N4O3. The van der Waals surface area contributed by atoms with Crippen LogP contribution in [0.4, 0.5) is 0 Å². The zero-order valence-electron chi connectivity index (χ0n) is 18.3. The summed E-state index contributed by atoms with van der Waals surface area (Å²) in [4.78, 5) is 16.0. The fourth-order valence-electron chi connectivity index (χ4n) is 3.41. The number of aliphatic imine (C=N–C) groups is 1. The van der Waals surface area contributed by atoms with Gasteiger partial charge < -0.3 is 25.8 Å². The van der Waals surface area contributed by atoms with Crippen LogP contribution in [0.1, 0.15) is 46.8 Å². The van der Waals surface area contributed by atoms with Crippen molar-refractivity contribution in [2.24, 2.45) is 10.7 Å². The van der Waals surface area contributed by atoms with Crippen LogP contribution >= 0.6 is 0 Å². The molecule has 31 heavy (non-hydrogen) atoms. The van der Waals surface area contributed by atoms with E-state index in [9.17, 15) is 4.79 Å². The van der Waals surface area contributed by atoms with Crippen molar-refractivity contribution >= 4 is 11.9 Å². The van der Waals surface area contributed by atoms with Crippen molar-refractivity contribution in [2.75, 3.05) is 19.8 Å². The molecule has 1 aliphatic rings. The van der Waals surface area contributed by atoms with Crippen LogP contribution in [0.5, 0.6) is 5.75 Å². The zero-order valence-corrected chi connectivity index (χ0v) is 18.3. The molecule has 2 aromatic carbocycles. The summed E-state index contributed by atoms with van der Waals surface area (Å²) in [6, 6.07) is 13.4. The Labute approximate surface area is 184 Å². The lowest BCUT2D eigenvalue weighted by atomic mass is 10.1. The molecule has 166 valence electrons. The van der Waals surface area contributed by atoms with Gasteiger partial charge in [-0.25, -0.2) is 4.99 Å². The fourth-order valence-corrected chi connectivity index (χ4v) is 3.41. The van der Waals surface area contributed by atoms with E-state index in [1.165, 1.54) is 0 Å². The number of rotatable bonds is 9. The average Bonchev–Trinajstić information content (AvgIpc) is 3.29. The number of hydrogen-bond acceptors (Lipinski definition) is 4. The highest BCUT2D eigenvalue weighted by Crippen LogP contribution is 2.22. The van der Waals surface area contributed by atoms with Crippen LogP contribution < -0.4 is 21.1 Å². The molecule has 7 nitrogen and oxygen atoms in total. The smallest absolute Gasteiger partial charge is 0.248 e. The van der Waals surface area contributed by atoms with Gasteiger partial charge in [0, 0.05) is 30.8 Å². The van der Waals surface area contributed by atoms with Gasteiger partial charge in [0.1, 0.15) is 12.4 Å². The zero-order chi connectivity index (χ0) is 22.1. The summed E-state index contributed by atoms with van der Waals surface area (Å²) in [6.45, 7) is 7.22. The number of carbonyl (C=O) groups is 1. The van der Waals surface area contributed by atoms with E-state index in [-0.39, 0.29) is 6.10 Å². The highest BCUT2D eigenvalue weighted by Gasteiger charge is 2.17. The predicted octanol–water partition coefficient (Wildman–Crippen LogP) is 2.91. The van der Waals surface area contributed by atoms with Crippen LogP contribution in [0, 0.1) is 6.92 Å². The van der Waals surface area contributed by atoms with E-state index in [1.807, 2.05) is 19.1 Å². The predicted molar refractivity (Wildman–Crippen MR) is 122 cm³/mol. The molecular weight excluding hydrogens is 392 g/mol. The highest BCUT2D eigenvalue weighted by molar-refractivity contribution is 5.92. The maximum Gasteiger partial charge on any atom is 0.248 e. The van der Waals surface area contributed by atoms with E-state index >= 15 is 0 Å². The number of aryl methyl sites for hydroxylation is 1. The van der Waals surface area contributed by atoms with Crippen molar-refractivity contribution in [3.8, 4) is 5.75 Å². The number of primary amides is 1. The van der Waals surface area contributed by atoms with Crippen molar-refractivity contribution in [2.45, 2.75) is 45.9 Å². The number of guanidine groups is 1. The Hall–Kier alpha value is -3.06. The largest absolute Gasteiger partial charge is 0.491 e. The Bertz CT molecular complexity index is 907. The summed E-state index contributed by atoms with van der Waals surface area (Å²) < 4.78 is 11.8. The first kappa shape index (κ1) is 22.6. The number of nitrogens with two attached hydrogens (primary N) is 1. The molecule has 1 saturated heterocycles. The Morgan fingerprint density at radius 2 is 2.13 bits per heavy atom. The van der Waals surface area contributed by atoms with Gasteiger partial charge in [-0.2, -0.15) is 0 Å². The molecule has 0 spiro atoms. The summed E-state index contributed by atoms with van der Waals surface area (Å²) in [5, 5.41) is 6.62. The molecule has 0 aliphatic carbocycles. The minimum absolute atomic E-state index is 0.177. The summed E-state index contributed by atoms with van der Waals surface area (Å²) in [5.74, 6) is 1.12. The van der Waals surface area contributed by atoms with E-state index in [4.69, 9.17) is 15.2 Å². The number of nitrogens with zero attached hydrogens (tertiary/aromatic N) is 1. The maximum atomic E-state index is 11.4. The van der Waals surface area contributed by atoms with Gasteiger partial charge in [-0.15, -0.1) is 0 Å². The molecule has 0 bridgehead atoms. The minimum atomic E-state index is -0.439. The minimum Gasteiger partial charge on any atom is -0.491 e. The van der Waals surface area contributed by atoms with Crippen molar-refractivity contribution in [3.63, 3.8) is 0 Å². The van der Waals surface area contributed by atoms with Crippen LogP contribution in [-0.2, 0) is 17.8 Å². The van der Waals surface area contributed by atoms with E-state index in [0.717, 1.165) is 48.4 Å². The van der Waals surface area contributed by atoms with Gasteiger partial charge >= 0.3 is 0 Å². The van der Waals surface area contributed by atoms with Gasteiger partial charge in [-0.05, 0) is 56.0 Å². The third kappa shape index (κ3) is 7.00. The van der Waals surface area contributed by atoms with Crippen LogP contribution in [0.15, 0.2) is 47.5 Å². The van der Waals surface area contributed by atoms with Gasteiger partial charge in [0.25, 0.3) is 0 Å². The van der Waals surface area contributed by atoms with Gasteiger partial charge in [0.05, 0.1) is 12.6 Å². The number of hydrogen-bond donors (Lipinski definition) is 3. The van der Waals surface area contributed by atoms with E-state index in [1.54, 1.807) is 12.1 Å². The van der Waals surface area contributed by atoms with E-state index < -0.39 is 5.91 Å². The number of nitrogens with one attached hydrogen (secondary N) is 2. The monoisotopic (exact) mass is 424 g/mol. The lowest BCUT2D eigenvalue weighted by Crippen LogP contribution is -2.37. The van der Waals surface area contributed by atoms with Crippen LogP contribution in [0.25, 0.3) is 0 Å². The summed E-state index contributed by atoms with van der Waals surface area (Å²) in [5.41, 5.74) is 8.99. The lowest BCUT2D eigenvalue weighted by Gasteiger charge is -2.17. The van der Waals surface area contributed by atoms with E-state index in [2.05, 4.69) is 40.7 Å². The topological polar surface area (TPSA) is 98.0 Å². The average molecular weight is 425 g/mol. The third-order valence-corrected chi connectivity index (χ3v) is 5.09. The first-order chi connectivity index (χ1) is 15.0. The van der Waals surface area contributed by atoms with Crippen LogP contribution in [-0.4, -0.2) is 37.7 Å². The molecule has 1 aliphatic heterocycles. The van der Waals surface area contributed by atoms with Crippen LogP contribution in [0.3, 0.4) is 0 Å². The quantitative estimate of drug-likeness (QED) is 0.425. The lowest BCUT2D eigenvalue weighted by molar-refractivity contribution is 0.0676. The molecule has 1 heterocycles. The Morgan fingerprint density at radius 3 is 2.87 bits per heavy atom. The molecule has 3 rings (SSSR count). The second-order valence-corrected chi connectivity index (χ2v) is 7.67. The molecule has 7 heteroatoms. The van der Waals surface area contributed by atoms with Crippen molar-refractivity contribution in [1.82, 2.24) is 10.6 Å². The number of carbonyl (C=O) groups excluding carboxylic acids is 1. The Balaban J connectivity index is 1.64. The Kier molecular flexibility index (Phi) is 8.29. The SMILES string of the molecule is CCNC(=NCc1cccc(C(N)=O)c1)NCc1ccc(C)cc1OCC1CCCO1. The standard InChI is InChI=1S/C24H32N4O3/c1-3-26-24(27-14-18-6-4-7-19(13-18)23(25)29)28-15-20-10-9-17(2)12-22(20)31-16-21-8-5-11-30-21/h4,6-7,9-10,12-13,21H,3,5,8,11,14-16H2,1-2H3,(H2,25,29)(H2,26,27,28). The summed E-state index contributed by atoms with van der Waals surface area (Å²) in [6.07, 6.45) is 2.32. The van der Waals surface area contributed by atoms with Gasteiger partial charge in [0.15, 0.2) is 5.96 Å². The maximum absolute atomic E-state index is 11.4. The molecule has 1 unspecified atom stereocenters. The summed E-state index contributed by atoms with van der Waals surface area (Å²) >= 11 is 0. The molecule has 4 N–H and O–H groups in total. The molecule has 1 atom stereocenters. The fraction of sp³-hybridized carbons (Fsp3) is 0.417. The van der Waals surface area contributed by atoms with Crippen LogP contribution in [0.2, 0.25) is 0 Å². The number of benzene rings is 2. The first-order valence-corrected chi connectivity index (χ1v) is 10.8. The third-order valence-electron chi connectivity index (χ3n) is 5.09. The molecule has 1 fully saturated rings. The second-order valence-electron chi connectivity index (χ2n) is 7.67. The van der Waals surface area contributed by atoms with Crippen molar-refractivity contribution < 1.29 is 14.3 Å². The van der Waals surface area contributed by atoms with Gasteiger partial charge in [-0.3, -0.25) is 4.79 Å². The number of ether oxygens (including phenoxy) is 2. The second kappa shape index (κ2) is 11.4. The number of amides is 1. The first-order valence-electron chi connectivity index (χ1n) is 10.8. The van der Waals surface area contributed by atoms with Gasteiger partial charge in [-0.1, -0.05) is 24.3 Å². The molecule has 2 aromatic rings. The van der Waals surface area contributed by atoms with E-state index in [0.29, 0.717) is 31.2 Å².